The van der Waals surface area contributed by atoms with Crippen LogP contribution in [-0.4, -0.2) is 33.7 Å². The number of benzene rings is 1. The number of carbonyl (C=O) groups is 1. The summed E-state index contributed by atoms with van der Waals surface area (Å²) in [5.74, 6) is -2.68. The largest absolute Gasteiger partial charge is 0.482 e. The Balaban J connectivity index is 1.81. The smallest absolute Gasteiger partial charge is 0.455 e. The van der Waals surface area contributed by atoms with E-state index in [1.165, 1.54) is 24.3 Å². The average molecular weight is 480 g/mol. The van der Waals surface area contributed by atoms with Crippen LogP contribution < -0.4 is 4.74 Å². The summed E-state index contributed by atoms with van der Waals surface area (Å²) < 4.78 is 84.5. The number of alkyl halides is 6. The molecular formula is C19H12ClF6N3O3. The fourth-order valence-electron chi connectivity index (χ4n) is 2.51. The first-order valence-electron chi connectivity index (χ1n) is 8.82. The number of carbonyl (C=O) groups excluding carboxylic acids is 1. The Morgan fingerprint density at radius 3 is 2.28 bits per heavy atom. The molecule has 0 amide bonds. The highest BCUT2D eigenvalue weighted by Crippen LogP contribution is 2.31. The van der Waals surface area contributed by atoms with Gasteiger partial charge < -0.3 is 9.26 Å². The van der Waals surface area contributed by atoms with Gasteiger partial charge in [0.15, 0.2) is 12.4 Å². The van der Waals surface area contributed by atoms with Crippen molar-refractivity contribution in [3.63, 3.8) is 0 Å². The maximum Gasteiger partial charge on any atom is 0.455 e. The van der Waals surface area contributed by atoms with Gasteiger partial charge >= 0.3 is 12.4 Å². The molecule has 2 aromatic heterocycles. The first-order valence-corrected chi connectivity index (χ1v) is 9.20. The van der Waals surface area contributed by atoms with Gasteiger partial charge in [0.1, 0.15) is 17.1 Å². The van der Waals surface area contributed by atoms with E-state index in [-0.39, 0.29) is 30.0 Å². The maximum atomic E-state index is 12.6. The molecule has 170 valence electrons. The molecule has 0 fully saturated rings. The molecule has 13 heteroatoms. The van der Waals surface area contributed by atoms with E-state index in [9.17, 15) is 31.1 Å². The van der Waals surface area contributed by atoms with Crippen LogP contribution in [0.5, 0.6) is 5.75 Å². The number of rotatable bonds is 7. The Labute approximate surface area is 181 Å². The van der Waals surface area contributed by atoms with Crippen molar-refractivity contribution in [1.29, 1.82) is 0 Å². The van der Waals surface area contributed by atoms with Gasteiger partial charge in [-0.3, -0.25) is 4.79 Å². The molecule has 1 aromatic carbocycles. The molecule has 3 rings (SSSR count). The lowest BCUT2D eigenvalue weighted by Crippen LogP contribution is -2.19. The summed E-state index contributed by atoms with van der Waals surface area (Å²) >= 11 is 5.83. The van der Waals surface area contributed by atoms with Crippen molar-refractivity contribution >= 4 is 17.4 Å². The second-order valence-electron chi connectivity index (χ2n) is 6.39. The van der Waals surface area contributed by atoms with Crippen molar-refractivity contribution in [2.45, 2.75) is 25.2 Å². The van der Waals surface area contributed by atoms with Gasteiger partial charge in [-0.2, -0.15) is 31.3 Å². The average Bonchev–Trinajstić information content (AvgIpc) is 3.20. The molecule has 32 heavy (non-hydrogen) atoms. The number of pyridine rings is 1. The van der Waals surface area contributed by atoms with E-state index in [1.807, 2.05) is 0 Å². The van der Waals surface area contributed by atoms with Gasteiger partial charge in [-0.1, -0.05) is 28.9 Å². The van der Waals surface area contributed by atoms with Crippen molar-refractivity contribution in [3.05, 3.63) is 58.8 Å². The van der Waals surface area contributed by atoms with Gasteiger partial charge in [-0.25, -0.2) is 4.98 Å². The predicted molar refractivity (Wildman–Crippen MR) is 98.2 cm³/mol. The van der Waals surface area contributed by atoms with Crippen LogP contribution in [0.25, 0.3) is 11.3 Å². The second-order valence-corrected chi connectivity index (χ2v) is 6.82. The van der Waals surface area contributed by atoms with Crippen molar-refractivity contribution in [2.75, 3.05) is 6.61 Å². The van der Waals surface area contributed by atoms with Crippen LogP contribution in [0.3, 0.4) is 0 Å². The minimum absolute atomic E-state index is 0.0334. The zero-order valence-corrected chi connectivity index (χ0v) is 16.6. The highest BCUT2D eigenvalue weighted by atomic mass is 35.5. The normalized spacial score (nSPS) is 12.1. The van der Waals surface area contributed by atoms with E-state index in [0.717, 1.165) is 12.1 Å². The molecule has 6 nitrogen and oxygen atoms in total. The molecule has 0 radical (unpaired) electrons. The monoisotopic (exact) mass is 479 g/mol. The second kappa shape index (κ2) is 9.15. The Bertz CT molecular complexity index is 1100. The number of aromatic nitrogens is 3. The van der Waals surface area contributed by atoms with Crippen LogP contribution in [0, 0.1) is 0 Å². The highest BCUT2D eigenvalue weighted by Gasteiger charge is 2.37. The molecule has 0 unspecified atom stereocenters. The number of halogens is 7. The molecule has 0 aliphatic rings. The number of aryl methyl sites for hydroxylation is 1. The first-order chi connectivity index (χ1) is 14.9. The number of nitrogens with zero attached hydrogens (tertiary/aromatic N) is 3. The summed E-state index contributed by atoms with van der Waals surface area (Å²) in [7, 11) is 0. The molecular weight excluding hydrogens is 468 g/mol. The highest BCUT2D eigenvalue weighted by molar-refractivity contribution is 6.30. The summed E-state index contributed by atoms with van der Waals surface area (Å²) in [6.07, 6.45) is -9.99. The van der Waals surface area contributed by atoms with Crippen LogP contribution in [0.2, 0.25) is 5.02 Å². The van der Waals surface area contributed by atoms with E-state index in [2.05, 4.69) is 19.6 Å². The summed E-state index contributed by atoms with van der Waals surface area (Å²) in [4.78, 5) is 19.7. The lowest BCUT2D eigenvalue weighted by Gasteiger charge is -2.14. The SMILES string of the molecule is O=C(CCc1nc(C(F)(F)F)no1)c1ccc(OCC(F)(F)F)c(-c2ccc(Cl)cc2)n1. The molecule has 0 spiro atoms. The fourth-order valence-corrected chi connectivity index (χ4v) is 2.64. The zero-order chi connectivity index (χ0) is 23.5. The Hall–Kier alpha value is -3.15. The fraction of sp³-hybridized carbons (Fsp3) is 0.263. The van der Waals surface area contributed by atoms with Crippen molar-refractivity contribution in [1.82, 2.24) is 15.1 Å². The third-order valence-corrected chi connectivity index (χ3v) is 4.19. The molecule has 0 bridgehead atoms. The number of ether oxygens (including phenoxy) is 1. The van der Waals surface area contributed by atoms with Crippen molar-refractivity contribution in [3.8, 4) is 17.0 Å². The molecule has 0 saturated carbocycles. The molecule has 2 heterocycles. The van der Waals surface area contributed by atoms with E-state index < -0.39 is 36.5 Å². The van der Waals surface area contributed by atoms with Gasteiger partial charge in [-0.05, 0) is 24.3 Å². The van der Waals surface area contributed by atoms with Gasteiger partial charge in [0, 0.05) is 23.4 Å². The molecule has 0 atom stereocenters. The summed E-state index contributed by atoms with van der Waals surface area (Å²) in [5, 5.41) is 3.17. The Morgan fingerprint density at radius 2 is 1.69 bits per heavy atom. The molecule has 0 aliphatic heterocycles. The zero-order valence-electron chi connectivity index (χ0n) is 15.8. The quantitative estimate of drug-likeness (QED) is 0.326. The molecule has 0 aliphatic carbocycles. The van der Waals surface area contributed by atoms with E-state index in [1.54, 1.807) is 0 Å². The van der Waals surface area contributed by atoms with Crippen LogP contribution >= 0.6 is 11.6 Å². The Kier molecular flexibility index (Phi) is 6.72. The Morgan fingerprint density at radius 1 is 1.00 bits per heavy atom. The van der Waals surface area contributed by atoms with Gasteiger partial charge in [0.05, 0.1) is 0 Å². The number of hydrogen-bond donors (Lipinski definition) is 0. The topological polar surface area (TPSA) is 78.1 Å². The van der Waals surface area contributed by atoms with Crippen LogP contribution in [-0.2, 0) is 12.6 Å². The molecule has 3 aromatic rings. The summed E-state index contributed by atoms with van der Waals surface area (Å²) in [6.45, 7) is -1.57. The van der Waals surface area contributed by atoms with Crippen LogP contribution in [0.1, 0.15) is 28.6 Å². The van der Waals surface area contributed by atoms with Crippen LogP contribution in [0.15, 0.2) is 40.9 Å². The maximum absolute atomic E-state index is 12.6. The number of ketones is 1. The van der Waals surface area contributed by atoms with Crippen molar-refractivity contribution in [2.24, 2.45) is 0 Å². The van der Waals surface area contributed by atoms with Gasteiger partial charge in [0.25, 0.3) is 5.82 Å². The lowest BCUT2D eigenvalue weighted by atomic mass is 10.1. The predicted octanol–water partition coefficient (Wildman–Crippen LogP) is 5.56. The van der Waals surface area contributed by atoms with E-state index >= 15 is 0 Å². The lowest BCUT2D eigenvalue weighted by molar-refractivity contribution is -0.153. The van der Waals surface area contributed by atoms with E-state index in [4.69, 9.17) is 16.3 Å². The number of hydrogen-bond acceptors (Lipinski definition) is 6. The number of Topliss-reactive ketones (excluding diaryl/α,β-unsaturated/α-hetero) is 1. The third kappa shape index (κ3) is 6.19. The standard InChI is InChI=1S/C19H12ClF6N3O3/c20-11-3-1-10(2-4-11)16-14(31-9-18(21,22)23)7-5-12(27-16)13(30)6-8-15-28-17(29-32-15)19(24,25)26/h1-5,7H,6,8-9H2. The minimum Gasteiger partial charge on any atom is -0.482 e. The summed E-state index contributed by atoms with van der Waals surface area (Å²) in [5.41, 5.74) is 0.173. The van der Waals surface area contributed by atoms with Gasteiger partial charge in [-0.15, -0.1) is 0 Å². The minimum atomic E-state index is -4.78. The molecule has 0 saturated heterocycles. The third-order valence-electron chi connectivity index (χ3n) is 3.94. The summed E-state index contributed by atoms with van der Waals surface area (Å²) in [6, 6.07) is 8.24. The first kappa shape index (κ1) is 23.5. The molecule has 0 N–H and O–H groups in total. The van der Waals surface area contributed by atoms with Gasteiger partial charge in [0.2, 0.25) is 5.89 Å². The van der Waals surface area contributed by atoms with Crippen molar-refractivity contribution < 1.29 is 40.4 Å². The van der Waals surface area contributed by atoms with E-state index in [0.29, 0.717) is 10.6 Å². The van der Waals surface area contributed by atoms with Crippen LogP contribution in [0.4, 0.5) is 26.3 Å².